The molecule has 0 radical (unpaired) electrons. The first-order valence-electron chi connectivity index (χ1n) is 6.03. The minimum Gasteiger partial charge on any atom is -0.377 e. The van der Waals surface area contributed by atoms with Crippen LogP contribution in [0.2, 0.25) is 0 Å². The molecule has 7 nitrogen and oxygen atoms in total. The average Bonchev–Trinajstić information content (AvgIpc) is 2.38. The largest absolute Gasteiger partial charge is 0.377 e. The van der Waals surface area contributed by atoms with Crippen molar-refractivity contribution in [1.82, 2.24) is 0 Å². The van der Waals surface area contributed by atoms with E-state index in [0.29, 0.717) is 5.69 Å². The predicted molar refractivity (Wildman–Crippen MR) is 78.4 cm³/mol. The summed E-state index contributed by atoms with van der Waals surface area (Å²) >= 11 is 1.86. The minimum atomic E-state index is -3.94. The van der Waals surface area contributed by atoms with Crippen molar-refractivity contribution in [1.29, 1.82) is 0 Å². The van der Waals surface area contributed by atoms with Crippen molar-refractivity contribution in [2.75, 3.05) is 16.8 Å². The quantitative estimate of drug-likeness (QED) is 0.643. The van der Waals surface area contributed by atoms with Gasteiger partial charge >= 0.3 is 0 Å². The standard InChI is InChI=1S/C11H15N3O4S2/c12-20(17,18)9-1-2-10(11(7-9)14(15)16)13-8-3-5-19-6-4-8/h1-2,7-8,13H,3-6H2,(H2,12,17,18). The lowest BCUT2D eigenvalue weighted by Gasteiger charge is -2.23. The summed E-state index contributed by atoms with van der Waals surface area (Å²) in [6, 6.07) is 3.85. The normalized spacial score (nSPS) is 16.9. The fraction of sp³-hybridized carbons (Fsp3) is 0.455. The second kappa shape index (κ2) is 5.98. The van der Waals surface area contributed by atoms with E-state index < -0.39 is 14.9 Å². The van der Waals surface area contributed by atoms with E-state index in [4.69, 9.17) is 5.14 Å². The number of sulfonamides is 1. The first-order valence-corrected chi connectivity index (χ1v) is 8.73. The van der Waals surface area contributed by atoms with E-state index in [1.807, 2.05) is 11.8 Å². The molecule has 0 unspecified atom stereocenters. The molecule has 1 aromatic rings. The maximum Gasteiger partial charge on any atom is 0.293 e. The maximum atomic E-state index is 11.2. The summed E-state index contributed by atoms with van der Waals surface area (Å²) in [7, 11) is -3.94. The van der Waals surface area contributed by atoms with E-state index in [-0.39, 0.29) is 16.6 Å². The molecule has 1 aromatic carbocycles. The first-order chi connectivity index (χ1) is 9.38. The number of primary sulfonamides is 1. The van der Waals surface area contributed by atoms with Crippen molar-refractivity contribution in [2.24, 2.45) is 5.14 Å². The van der Waals surface area contributed by atoms with Crippen LogP contribution in [0.3, 0.4) is 0 Å². The second-order valence-electron chi connectivity index (χ2n) is 4.51. The van der Waals surface area contributed by atoms with Crippen LogP contribution in [-0.4, -0.2) is 30.9 Å². The van der Waals surface area contributed by atoms with Gasteiger partial charge in [0.25, 0.3) is 5.69 Å². The van der Waals surface area contributed by atoms with Gasteiger partial charge in [-0.1, -0.05) is 0 Å². The number of rotatable bonds is 4. The van der Waals surface area contributed by atoms with Crippen molar-refractivity contribution in [3.63, 3.8) is 0 Å². The Morgan fingerprint density at radius 2 is 2.00 bits per heavy atom. The molecule has 1 heterocycles. The molecule has 2 rings (SSSR count). The number of benzene rings is 1. The van der Waals surface area contributed by atoms with Gasteiger partial charge in [0.15, 0.2) is 0 Å². The summed E-state index contributed by atoms with van der Waals surface area (Å²) in [6.45, 7) is 0. The summed E-state index contributed by atoms with van der Waals surface area (Å²) in [5.41, 5.74) is 0.0639. The van der Waals surface area contributed by atoms with Gasteiger partial charge in [-0.25, -0.2) is 13.6 Å². The average molecular weight is 317 g/mol. The molecular weight excluding hydrogens is 302 g/mol. The van der Waals surface area contributed by atoms with Crippen LogP contribution in [0.1, 0.15) is 12.8 Å². The summed E-state index contributed by atoms with van der Waals surface area (Å²) in [6.07, 6.45) is 1.86. The first kappa shape index (κ1) is 15.1. The Morgan fingerprint density at radius 1 is 1.35 bits per heavy atom. The molecule has 3 N–H and O–H groups in total. The third-order valence-electron chi connectivity index (χ3n) is 3.08. The van der Waals surface area contributed by atoms with Crippen molar-refractivity contribution in [3.8, 4) is 0 Å². The van der Waals surface area contributed by atoms with Crippen molar-refractivity contribution in [2.45, 2.75) is 23.8 Å². The molecule has 0 atom stereocenters. The van der Waals surface area contributed by atoms with Crippen LogP contribution < -0.4 is 10.5 Å². The lowest BCUT2D eigenvalue weighted by atomic mass is 10.1. The Balaban J connectivity index is 2.30. The Hall–Kier alpha value is -1.32. The minimum absolute atomic E-state index is 0.176. The summed E-state index contributed by atoms with van der Waals surface area (Å²) < 4.78 is 22.5. The molecule has 1 aliphatic rings. The van der Waals surface area contributed by atoms with Crippen molar-refractivity contribution < 1.29 is 13.3 Å². The number of anilines is 1. The number of hydrogen-bond acceptors (Lipinski definition) is 6. The molecule has 0 aliphatic carbocycles. The second-order valence-corrected chi connectivity index (χ2v) is 7.30. The molecule has 0 spiro atoms. The number of nitrogens with one attached hydrogen (secondary N) is 1. The van der Waals surface area contributed by atoms with Crippen LogP contribution in [0.15, 0.2) is 23.1 Å². The van der Waals surface area contributed by atoms with Crippen LogP contribution in [-0.2, 0) is 10.0 Å². The highest BCUT2D eigenvalue weighted by Gasteiger charge is 2.22. The Morgan fingerprint density at radius 3 is 2.55 bits per heavy atom. The number of nitrogens with two attached hydrogens (primary N) is 1. The molecule has 0 saturated carbocycles. The van der Waals surface area contributed by atoms with E-state index in [1.165, 1.54) is 12.1 Å². The number of nitrogens with zero attached hydrogens (tertiary/aromatic N) is 1. The zero-order valence-electron chi connectivity index (χ0n) is 10.6. The smallest absolute Gasteiger partial charge is 0.293 e. The Bertz CT molecular complexity index is 612. The highest BCUT2D eigenvalue weighted by Crippen LogP contribution is 2.30. The van der Waals surface area contributed by atoms with Gasteiger partial charge in [-0.15, -0.1) is 0 Å². The van der Waals surface area contributed by atoms with Gasteiger partial charge in [0.2, 0.25) is 10.0 Å². The highest BCUT2D eigenvalue weighted by molar-refractivity contribution is 7.99. The van der Waals surface area contributed by atoms with E-state index in [1.54, 1.807) is 0 Å². The fourth-order valence-electron chi connectivity index (χ4n) is 2.02. The number of thioether (sulfide) groups is 1. The Kier molecular flexibility index (Phi) is 4.51. The third-order valence-corrected chi connectivity index (χ3v) is 5.04. The lowest BCUT2D eigenvalue weighted by Crippen LogP contribution is -2.25. The van der Waals surface area contributed by atoms with Crippen LogP contribution in [0.25, 0.3) is 0 Å². The molecule has 0 amide bonds. The van der Waals surface area contributed by atoms with Gasteiger partial charge < -0.3 is 5.32 Å². The highest BCUT2D eigenvalue weighted by atomic mass is 32.2. The lowest BCUT2D eigenvalue weighted by molar-refractivity contribution is -0.384. The van der Waals surface area contributed by atoms with Gasteiger partial charge in [0.1, 0.15) is 5.69 Å². The Labute approximate surface area is 121 Å². The van der Waals surface area contributed by atoms with Gasteiger partial charge in [-0.05, 0) is 36.5 Å². The summed E-state index contributed by atoms with van der Waals surface area (Å²) in [4.78, 5) is 10.2. The van der Waals surface area contributed by atoms with E-state index >= 15 is 0 Å². The van der Waals surface area contributed by atoms with Gasteiger partial charge in [-0.2, -0.15) is 11.8 Å². The zero-order valence-corrected chi connectivity index (χ0v) is 12.2. The topological polar surface area (TPSA) is 115 Å². The van der Waals surface area contributed by atoms with Crippen LogP contribution >= 0.6 is 11.8 Å². The van der Waals surface area contributed by atoms with E-state index in [9.17, 15) is 18.5 Å². The molecule has 110 valence electrons. The van der Waals surface area contributed by atoms with Crippen LogP contribution in [0.4, 0.5) is 11.4 Å². The van der Waals surface area contributed by atoms with Gasteiger partial charge in [0, 0.05) is 12.1 Å². The number of nitro benzene ring substituents is 1. The molecule has 1 aliphatic heterocycles. The van der Waals surface area contributed by atoms with Crippen LogP contribution in [0.5, 0.6) is 0 Å². The molecule has 0 aromatic heterocycles. The third kappa shape index (κ3) is 3.62. The number of nitro groups is 1. The molecule has 0 bridgehead atoms. The monoisotopic (exact) mass is 317 g/mol. The molecular formula is C11H15N3O4S2. The molecule has 1 saturated heterocycles. The van der Waals surface area contributed by atoms with Gasteiger partial charge in [0.05, 0.1) is 9.82 Å². The summed E-state index contributed by atoms with van der Waals surface area (Å²) in [5.74, 6) is 2.03. The molecule has 9 heteroatoms. The SMILES string of the molecule is NS(=O)(=O)c1ccc(NC2CCSCC2)c([N+](=O)[O-])c1. The van der Waals surface area contributed by atoms with Gasteiger partial charge in [-0.3, -0.25) is 10.1 Å². The zero-order chi connectivity index (χ0) is 14.8. The fourth-order valence-corrected chi connectivity index (χ4v) is 3.66. The van der Waals surface area contributed by atoms with E-state index in [2.05, 4.69) is 5.32 Å². The molecule has 20 heavy (non-hydrogen) atoms. The van der Waals surface area contributed by atoms with Crippen molar-refractivity contribution >= 4 is 33.2 Å². The van der Waals surface area contributed by atoms with Crippen LogP contribution in [0, 0.1) is 10.1 Å². The maximum absolute atomic E-state index is 11.2. The molecule has 1 fully saturated rings. The van der Waals surface area contributed by atoms with E-state index in [0.717, 1.165) is 30.4 Å². The van der Waals surface area contributed by atoms with Crippen molar-refractivity contribution in [3.05, 3.63) is 28.3 Å². The summed E-state index contributed by atoms with van der Waals surface area (Å²) in [5, 5.41) is 19.2. The number of hydrogen-bond donors (Lipinski definition) is 2. The predicted octanol–water partition coefficient (Wildman–Crippen LogP) is 1.55.